The lowest BCUT2D eigenvalue weighted by Crippen LogP contribution is -2.05. The number of ether oxygens (including phenoxy) is 1. The highest BCUT2D eigenvalue weighted by atomic mass is 19.1. The SMILES string of the molecule is O=C(/C=C/c1nc2ccccc2o1)Oc1ccc(C(=O)c2ccc(F)cc2)cc1. The Kier molecular flexibility index (Phi) is 4.99. The predicted octanol–water partition coefficient (Wildman–Crippen LogP) is 4.82. The molecule has 0 amide bonds. The zero-order chi connectivity index (χ0) is 20.2. The molecule has 0 bridgehead atoms. The molecule has 29 heavy (non-hydrogen) atoms. The van der Waals surface area contributed by atoms with Gasteiger partial charge in [-0.25, -0.2) is 14.2 Å². The van der Waals surface area contributed by atoms with Gasteiger partial charge in [-0.05, 0) is 60.7 Å². The maximum Gasteiger partial charge on any atom is 0.336 e. The Morgan fingerprint density at radius 1 is 0.897 bits per heavy atom. The second-order valence-corrected chi connectivity index (χ2v) is 6.13. The van der Waals surface area contributed by atoms with Crippen molar-refractivity contribution in [3.8, 4) is 5.75 Å². The fraction of sp³-hybridized carbons (Fsp3) is 0. The highest BCUT2D eigenvalue weighted by Crippen LogP contribution is 2.18. The number of rotatable bonds is 5. The molecule has 0 saturated heterocycles. The highest BCUT2D eigenvalue weighted by molar-refractivity contribution is 6.09. The van der Waals surface area contributed by atoms with Gasteiger partial charge in [0.1, 0.15) is 17.1 Å². The number of aromatic nitrogens is 1. The van der Waals surface area contributed by atoms with Gasteiger partial charge in [0.15, 0.2) is 11.4 Å². The van der Waals surface area contributed by atoms with Gasteiger partial charge in [-0.15, -0.1) is 0 Å². The molecule has 4 aromatic rings. The van der Waals surface area contributed by atoms with Gasteiger partial charge in [0, 0.05) is 23.3 Å². The molecule has 3 aromatic carbocycles. The fourth-order valence-electron chi connectivity index (χ4n) is 2.69. The van der Waals surface area contributed by atoms with E-state index < -0.39 is 11.8 Å². The average Bonchev–Trinajstić information content (AvgIpc) is 3.16. The van der Waals surface area contributed by atoms with E-state index in [1.165, 1.54) is 48.6 Å². The number of ketones is 1. The van der Waals surface area contributed by atoms with Gasteiger partial charge in [0.2, 0.25) is 5.89 Å². The van der Waals surface area contributed by atoms with Crippen molar-refractivity contribution in [3.63, 3.8) is 0 Å². The lowest BCUT2D eigenvalue weighted by atomic mass is 10.0. The molecule has 0 N–H and O–H groups in total. The summed E-state index contributed by atoms with van der Waals surface area (Å²) in [6.07, 6.45) is 2.64. The van der Waals surface area contributed by atoms with Gasteiger partial charge in [-0.1, -0.05) is 12.1 Å². The normalized spacial score (nSPS) is 11.1. The third kappa shape index (κ3) is 4.27. The van der Waals surface area contributed by atoms with Crippen molar-refractivity contribution < 1.29 is 23.1 Å². The molecule has 0 saturated carbocycles. The van der Waals surface area contributed by atoms with E-state index in [1.54, 1.807) is 18.2 Å². The average molecular weight is 387 g/mol. The summed E-state index contributed by atoms with van der Waals surface area (Å²) in [6, 6.07) is 18.7. The zero-order valence-electron chi connectivity index (χ0n) is 15.0. The van der Waals surface area contributed by atoms with Crippen LogP contribution >= 0.6 is 0 Å². The number of benzene rings is 3. The Bertz CT molecular complexity index is 1170. The van der Waals surface area contributed by atoms with E-state index in [-0.39, 0.29) is 11.5 Å². The van der Waals surface area contributed by atoms with Crippen molar-refractivity contribution >= 4 is 28.9 Å². The first-order chi connectivity index (χ1) is 14.1. The Labute approximate surface area is 165 Å². The lowest BCUT2D eigenvalue weighted by Gasteiger charge is -2.04. The van der Waals surface area contributed by atoms with Gasteiger partial charge in [0.25, 0.3) is 0 Å². The van der Waals surface area contributed by atoms with Gasteiger partial charge in [-0.2, -0.15) is 0 Å². The monoisotopic (exact) mass is 387 g/mol. The second-order valence-electron chi connectivity index (χ2n) is 6.13. The molecule has 1 aromatic heterocycles. The molecule has 0 fully saturated rings. The van der Waals surface area contributed by atoms with Crippen LogP contribution in [0.4, 0.5) is 4.39 Å². The molecule has 0 aliphatic rings. The van der Waals surface area contributed by atoms with Crippen molar-refractivity contribution in [2.75, 3.05) is 0 Å². The number of fused-ring (bicyclic) bond motifs is 1. The highest BCUT2D eigenvalue weighted by Gasteiger charge is 2.10. The fourth-order valence-corrected chi connectivity index (χ4v) is 2.69. The van der Waals surface area contributed by atoms with E-state index in [9.17, 15) is 14.0 Å². The predicted molar refractivity (Wildman–Crippen MR) is 105 cm³/mol. The summed E-state index contributed by atoms with van der Waals surface area (Å²) in [5, 5.41) is 0. The van der Waals surface area contributed by atoms with Crippen LogP contribution in [-0.2, 0) is 4.79 Å². The number of para-hydroxylation sites is 2. The van der Waals surface area contributed by atoms with Crippen LogP contribution in [0, 0.1) is 5.82 Å². The quantitative estimate of drug-likeness (QED) is 0.213. The summed E-state index contributed by atoms with van der Waals surface area (Å²) in [7, 11) is 0. The van der Waals surface area contributed by atoms with Crippen molar-refractivity contribution in [1.29, 1.82) is 0 Å². The van der Waals surface area contributed by atoms with E-state index in [0.29, 0.717) is 28.1 Å². The van der Waals surface area contributed by atoms with E-state index >= 15 is 0 Å². The van der Waals surface area contributed by atoms with Gasteiger partial charge >= 0.3 is 5.97 Å². The summed E-state index contributed by atoms with van der Waals surface area (Å²) in [6.45, 7) is 0. The van der Waals surface area contributed by atoms with Gasteiger partial charge in [0.05, 0.1) is 0 Å². The summed E-state index contributed by atoms with van der Waals surface area (Å²) in [5.74, 6) is -0.686. The van der Waals surface area contributed by atoms with E-state index in [1.807, 2.05) is 18.2 Å². The number of oxazole rings is 1. The first-order valence-corrected chi connectivity index (χ1v) is 8.74. The molecule has 6 heteroatoms. The van der Waals surface area contributed by atoms with Crippen LogP contribution in [-0.4, -0.2) is 16.7 Å². The maximum absolute atomic E-state index is 13.0. The topological polar surface area (TPSA) is 69.4 Å². The lowest BCUT2D eigenvalue weighted by molar-refractivity contribution is -0.128. The third-order valence-corrected chi connectivity index (χ3v) is 4.11. The molecule has 1 heterocycles. The Balaban J connectivity index is 1.40. The maximum atomic E-state index is 13.0. The molecule has 4 rings (SSSR count). The largest absolute Gasteiger partial charge is 0.437 e. The first kappa shape index (κ1) is 18.3. The van der Waals surface area contributed by atoms with Crippen LogP contribution in [0.3, 0.4) is 0 Å². The molecule has 0 unspecified atom stereocenters. The Morgan fingerprint density at radius 2 is 1.55 bits per heavy atom. The van der Waals surface area contributed by atoms with Crippen LogP contribution in [0.25, 0.3) is 17.2 Å². The number of hydrogen-bond donors (Lipinski definition) is 0. The Hall–Kier alpha value is -4.06. The number of esters is 1. The summed E-state index contributed by atoms with van der Waals surface area (Å²) >= 11 is 0. The minimum absolute atomic E-state index is 0.251. The van der Waals surface area contributed by atoms with Crippen LogP contribution < -0.4 is 4.74 Å². The molecule has 0 radical (unpaired) electrons. The molecule has 0 aliphatic carbocycles. The van der Waals surface area contributed by atoms with Crippen molar-refractivity contribution in [2.24, 2.45) is 0 Å². The molecule has 0 aliphatic heterocycles. The standard InChI is InChI=1S/C23H14FNO4/c24-17-9-5-15(6-10-17)23(27)16-7-11-18(12-8-16)28-22(26)14-13-21-25-19-3-1-2-4-20(19)29-21/h1-14H/b14-13+. The molecule has 142 valence electrons. The van der Waals surface area contributed by atoms with E-state index in [2.05, 4.69) is 4.98 Å². The first-order valence-electron chi connectivity index (χ1n) is 8.74. The van der Waals surface area contributed by atoms with Crippen molar-refractivity contribution in [1.82, 2.24) is 4.98 Å². The summed E-state index contributed by atoms with van der Waals surface area (Å²) in [5.41, 5.74) is 2.10. The number of halogens is 1. The number of nitrogens with zero attached hydrogens (tertiary/aromatic N) is 1. The van der Waals surface area contributed by atoms with Crippen LogP contribution in [0.5, 0.6) is 5.75 Å². The molecule has 0 atom stereocenters. The number of carbonyl (C=O) groups is 2. The zero-order valence-corrected chi connectivity index (χ0v) is 15.0. The minimum atomic E-state index is -0.607. The minimum Gasteiger partial charge on any atom is -0.437 e. The number of hydrogen-bond acceptors (Lipinski definition) is 5. The molecular formula is C23H14FNO4. The Morgan fingerprint density at radius 3 is 2.24 bits per heavy atom. The second kappa shape index (κ2) is 7.90. The molecule has 5 nitrogen and oxygen atoms in total. The third-order valence-electron chi connectivity index (χ3n) is 4.11. The van der Waals surface area contributed by atoms with Crippen LogP contribution in [0.15, 0.2) is 83.3 Å². The smallest absolute Gasteiger partial charge is 0.336 e. The number of carbonyl (C=O) groups excluding carboxylic acids is 2. The summed E-state index contributed by atoms with van der Waals surface area (Å²) < 4.78 is 23.7. The molecule has 0 spiro atoms. The summed E-state index contributed by atoms with van der Waals surface area (Å²) in [4.78, 5) is 28.6. The van der Waals surface area contributed by atoms with Crippen molar-refractivity contribution in [3.05, 3.63) is 102 Å². The van der Waals surface area contributed by atoms with Crippen molar-refractivity contribution in [2.45, 2.75) is 0 Å². The van der Waals surface area contributed by atoms with E-state index in [0.717, 1.165) is 0 Å². The van der Waals surface area contributed by atoms with Crippen LogP contribution in [0.2, 0.25) is 0 Å². The van der Waals surface area contributed by atoms with Gasteiger partial charge < -0.3 is 9.15 Å². The molecular weight excluding hydrogens is 373 g/mol. The van der Waals surface area contributed by atoms with E-state index in [4.69, 9.17) is 9.15 Å². The van der Waals surface area contributed by atoms with Gasteiger partial charge in [-0.3, -0.25) is 4.79 Å². The van der Waals surface area contributed by atoms with Crippen LogP contribution in [0.1, 0.15) is 21.8 Å².